The number of nitrogens with zero attached hydrogens (tertiary/aromatic N) is 1. The molecule has 0 aliphatic heterocycles. The Kier molecular flexibility index (Phi) is 5.81. The molecule has 1 N–H and O–H groups in total. The zero-order valence-corrected chi connectivity index (χ0v) is 15.5. The fourth-order valence-corrected chi connectivity index (χ4v) is 4.01. The van der Waals surface area contributed by atoms with E-state index in [1.165, 1.54) is 10.4 Å². The van der Waals surface area contributed by atoms with E-state index in [0.29, 0.717) is 6.54 Å². The summed E-state index contributed by atoms with van der Waals surface area (Å²) in [7, 11) is 1.82. The second-order valence-electron chi connectivity index (χ2n) is 5.77. The zero-order valence-electron chi connectivity index (χ0n) is 13.9. The molecule has 5 heteroatoms. The van der Waals surface area contributed by atoms with Crippen molar-refractivity contribution in [2.75, 3.05) is 20.1 Å². The van der Waals surface area contributed by atoms with Crippen molar-refractivity contribution in [1.82, 2.24) is 4.90 Å². The van der Waals surface area contributed by atoms with Gasteiger partial charge in [-0.25, -0.2) is 0 Å². The van der Waals surface area contributed by atoms with Crippen LogP contribution < -0.4 is 0 Å². The summed E-state index contributed by atoms with van der Waals surface area (Å²) >= 11 is 3.39. The zero-order chi connectivity index (χ0) is 17.6. The number of carboxylic acids is 1. The Bertz CT molecular complexity index is 834. The normalized spacial score (nSPS) is 11.8. The molecule has 0 bridgehead atoms. The Labute approximate surface area is 155 Å². The second kappa shape index (κ2) is 8.25. The lowest BCUT2D eigenvalue weighted by Gasteiger charge is -2.13. The molecule has 3 nitrogen and oxygen atoms in total. The SMILES string of the molecule is CN(C/C=C(/c1ccc(-c2cccs2)cc1)c1ccsc1)CC(=O)O. The van der Waals surface area contributed by atoms with E-state index in [1.54, 1.807) is 27.6 Å². The molecule has 0 aliphatic rings. The number of carbonyl (C=O) groups is 1. The highest BCUT2D eigenvalue weighted by molar-refractivity contribution is 7.13. The molecule has 3 rings (SSSR count). The largest absolute Gasteiger partial charge is 0.480 e. The average Bonchev–Trinajstić information content (AvgIpc) is 3.29. The molecule has 128 valence electrons. The fraction of sp³-hybridized carbons (Fsp3) is 0.150. The minimum absolute atomic E-state index is 0.0325. The van der Waals surface area contributed by atoms with Crippen LogP contribution in [0.3, 0.4) is 0 Å². The van der Waals surface area contributed by atoms with Crippen molar-refractivity contribution in [3.05, 3.63) is 75.8 Å². The Morgan fingerprint density at radius 2 is 1.92 bits per heavy atom. The minimum Gasteiger partial charge on any atom is -0.480 e. The lowest BCUT2D eigenvalue weighted by Crippen LogP contribution is -2.25. The van der Waals surface area contributed by atoms with Crippen molar-refractivity contribution in [3.63, 3.8) is 0 Å². The van der Waals surface area contributed by atoms with Crippen molar-refractivity contribution < 1.29 is 9.90 Å². The smallest absolute Gasteiger partial charge is 0.317 e. The van der Waals surface area contributed by atoms with Crippen LogP contribution in [0, 0.1) is 0 Å². The maximum atomic E-state index is 10.8. The van der Waals surface area contributed by atoms with Crippen LogP contribution in [0.15, 0.2) is 64.7 Å². The van der Waals surface area contributed by atoms with Gasteiger partial charge >= 0.3 is 5.97 Å². The molecule has 1 aromatic carbocycles. The van der Waals surface area contributed by atoms with Crippen LogP contribution in [0.5, 0.6) is 0 Å². The molecule has 0 saturated carbocycles. The molecular formula is C20H19NO2S2. The maximum absolute atomic E-state index is 10.8. The van der Waals surface area contributed by atoms with Gasteiger partial charge in [-0.15, -0.1) is 11.3 Å². The number of likely N-dealkylation sites (N-methyl/N-ethyl adjacent to an activating group) is 1. The van der Waals surface area contributed by atoms with E-state index in [9.17, 15) is 4.79 Å². The number of rotatable bonds is 7. The van der Waals surface area contributed by atoms with Gasteiger partial charge in [-0.3, -0.25) is 9.69 Å². The van der Waals surface area contributed by atoms with Gasteiger partial charge in [0.15, 0.2) is 0 Å². The van der Waals surface area contributed by atoms with Crippen molar-refractivity contribution in [2.24, 2.45) is 0 Å². The highest BCUT2D eigenvalue weighted by Gasteiger charge is 2.08. The molecule has 0 spiro atoms. The Morgan fingerprint density at radius 3 is 2.52 bits per heavy atom. The standard InChI is InChI=1S/C20H19NO2S2/c1-21(13-20(22)23)10-8-18(17-9-12-24-14-17)15-4-6-16(7-5-15)19-3-2-11-25-19/h2-9,11-12,14H,10,13H2,1H3,(H,22,23)/b18-8-. The molecule has 0 aliphatic carbocycles. The first-order valence-electron chi connectivity index (χ1n) is 7.91. The summed E-state index contributed by atoms with van der Waals surface area (Å²) in [5.41, 5.74) is 4.66. The molecule has 2 heterocycles. The van der Waals surface area contributed by atoms with Crippen LogP contribution in [0.4, 0.5) is 0 Å². The summed E-state index contributed by atoms with van der Waals surface area (Å²) in [5, 5.41) is 15.2. The van der Waals surface area contributed by atoms with E-state index in [1.807, 2.05) is 7.05 Å². The van der Waals surface area contributed by atoms with Gasteiger partial charge in [0, 0.05) is 11.4 Å². The highest BCUT2D eigenvalue weighted by Crippen LogP contribution is 2.29. The number of aliphatic carboxylic acids is 1. The Hall–Kier alpha value is -2.21. The molecule has 0 atom stereocenters. The lowest BCUT2D eigenvalue weighted by atomic mass is 9.98. The summed E-state index contributed by atoms with van der Waals surface area (Å²) in [6.45, 7) is 0.620. The average molecular weight is 370 g/mol. The molecule has 0 saturated heterocycles. The molecule has 0 radical (unpaired) electrons. The summed E-state index contributed by atoms with van der Waals surface area (Å²) < 4.78 is 0. The van der Waals surface area contributed by atoms with Crippen LogP contribution in [-0.2, 0) is 4.79 Å². The van der Waals surface area contributed by atoms with Gasteiger partial charge in [0.1, 0.15) is 0 Å². The summed E-state index contributed by atoms with van der Waals surface area (Å²) in [6.07, 6.45) is 2.10. The van der Waals surface area contributed by atoms with Gasteiger partial charge < -0.3 is 5.11 Å². The summed E-state index contributed by atoms with van der Waals surface area (Å²) in [6, 6.07) is 14.8. The lowest BCUT2D eigenvalue weighted by molar-refractivity contribution is -0.137. The van der Waals surface area contributed by atoms with Gasteiger partial charge in [-0.2, -0.15) is 11.3 Å². The monoisotopic (exact) mass is 369 g/mol. The molecule has 25 heavy (non-hydrogen) atoms. The van der Waals surface area contributed by atoms with Crippen LogP contribution in [0.2, 0.25) is 0 Å². The number of benzene rings is 1. The summed E-state index contributed by atoms with van der Waals surface area (Å²) in [4.78, 5) is 13.9. The van der Waals surface area contributed by atoms with Gasteiger partial charge in [-0.05, 0) is 57.6 Å². The quantitative estimate of drug-likeness (QED) is 0.642. The third-order valence-corrected chi connectivity index (χ3v) is 5.45. The Balaban J connectivity index is 1.86. The predicted molar refractivity (Wildman–Crippen MR) is 106 cm³/mol. The number of hydrogen-bond acceptors (Lipinski definition) is 4. The molecule has 0 unspecified atom stereocenters. The molecule has 2 aromatic heterocycles. The predicted octanol–water partition coefficient (Wildman–Crippen LogP) is 4.92. The number of hydrogen-bond donors (Lipinski definition) is 1. The first kappa shape index (κ1) is 17.6. The molecule has 0 amide bonds. The van der Waals surface area contributed by atoms with Crippen LogP contribution in [0.25, 0.3) is 16.0 Å². The van der Waals surface area contributed by atoms with Crippen LogP contribution in [-0.4, -0.2) is 36.1 Å². The maximum Gasteiger partial charge on any atom is 0.317 e. The van der Waals surface area contributed by atoms with E-state index in [4.69, 9.17) is 5.11 Å². The van der Waals surface area contributed by atoms with E-state index >= 15 is 0 Å². The molecule has 0 fully saturated rings. The van der Waals surface area contributed by atoms with Gasteiger partial charge in [0.25, 0.3) is 0 Å². The minimum atomic E-state index is -0.812. The third-order valence-electron chi connectivity index (χ3n) is 3.85. The van der Waals surface area contributed by atoms with E-state index in [2.05, 4.69) is 64.7 Å². The number of carboxylic acid groups (broad SMARTS) is 1. The van der Waals surface area contributed by atoms with Gasteiger partial charge in [-0.1, -0.05) is 36.4 Å². The van der Waals surface area contributed by atoms with Gasteiger partial charge in [0.05, 0.1) is 6.54 Å². The summed E-state index contributed by atoms with van der Waals surface area (Å²) in [5.74, 6) is -0.812. The van der Waals surface area contributed by atoms with Crippen molar-refractivity contribution in [3.8, 4) is 10.4 Å². The second-order valence-corrected chi connectivity index (χ2v) is 7.50. The van der Waals surface area contributed by atoms with Crippen LogP contribution >= 0.6 is 22.7 Å². The number of thiophene rings is 2. The van der Waals surface area contributed by atoms with Crippen molar-refractivity contribution in [2.45, 2.75) is 0 Å². The van der Waals surface area contributed by atoms with Crippen molar-refractivity contribution >= 4 is 34.2 Å². The molecule has 3 aromatic rings. The van der Waals surface area contributed by atoms with E-state index in [0.717, 1.165) is 16.7 Å². The van der Waals surface area contributed by atoms with E-state index < -0.39 is 5.97 Å². The van der Waals surface area contributed by atoms with Gasteiger partial charge in [0.2, 0.25) is 0 Å². The third kappa shape index (κ3) is 4.66. The Morgan fingerprint density at radius 1 is 1.12 bits per heavy atom. The molecular weight excluding hydrogens is 350 g/mol. The first-order valence-corrected chi connectivity index (χ1v) is 9.73. The fourth-order valence-electron chi connectivity index (χ4n) is 2.62. The van der Waals surface area contributed by atoms with E-state index in [-0.39, 0.29) is 6.54 Å². The first-order chi connectivity index (χ1) is 12.1. The topological polar surface area (TPSA) is 40.5 Å². The van der Waals surface area contributed by atoms with Crippen molar-refractivity contribution in [1.29, 1.82) is 0 Å². The van der Waals surface area contributed by atoms with Crippen LogP contribution in [0.1, 0.15) is 11.1 Å². The highest BCUT2D eigenvalue weighted by atomic mass is 32.1.